The van der Waals surface area contributed by atoms with E-state index < -0.39 is 0 Å². The Bertz CT molecular complexity index is 359. The largest absolute Gasteiger partial charge is 0.317 e. The summed E-state index contributed by atoms with van der Waals surface area (Å²) in [6.07, 6.45) is 6.54. The zero-order valence-corrected chi connectivity index (χ0v) is 11.7. The minimum absolute atomic E-state index is 0.864. The number of nitrogens with zero attached hydrogens (tertiary/aromatic N) is 2. The third-order valence-corrected chi connectivity index (χ3v) is 3.96. The smallest absolute Gasteiger partial charge is 0.0315 e. The molecule has 1 aliphatic heterocycles. The highest BCUT2D eigenvalue weighted by atomic mass is 15.1. The van der Waals surface area contributed by atoms with Crippen molar-refractivity contribution >= 4 is 0 Å². The standard InChI is InChI=1S/C15H25N3/c1-3-18(11-14-5-8-16-9-6-14)12-15-10-17-7-4-13(15)2/h4,7,10,14,16H,3,5-6,8-9,11-12H2,1-2H3. The molecule has 1 aromatic heterocycles. The molecule has 0 bridgehead atoms. The number of pyridine rings is 1. The van der Waals surface area contributed by atoms with E-state index >= 15 is 0 Å². The summed E-state index contributed by atoms with van der Waals surface area (Å²) in [5.74, 6) is 0.864. The lowest BCUT2D eigenvalue weighted by atomic mass is 9.97. The molecule has 0 aliphatic carbocycles. The van der Waals surface area contributed by atoms with Crippen molar-refractivity contribution in [2.75, 3.05) is 26.2 Å². The van der Waals surface area contributed by atoms with Crippen LogP contribution >= 0.6 is 0 Å². The van der Waals surface area contributed by atoms with Gasteiger partial charge in [-0.15, -0.1) is 0 Å². The van der Waals surface area contributed by atoms with Crippen LogP contribution in [0.1, 0.15) is 30.9 Å². The van der Waals surface area contributed by atoms with Crippen LogP contribution in [0.5, 0.6) is 0 Å². The van der Waals surface area contributed by atoms with Gasteiger partial charge in [0.25, 0.3) is 0 Å². The molecule has 3 nitrogen and oxygen atoms in total. The molecule has 3 heteroatoms. The summed E-state index contributed by atoms with van der Waals surface area (Å²) in [4.78, 5) is 6.80. The van der Waals surface area contributed by atoms with Crippen molar-refractivity contribution < 1.29 is 0 Å². The fraction of sp³-hybridized carbons (Fsp3) is 0.667. The molecule has 1 aromatic rings. The van der Waals surface area contributed by atoms with E-state index in [4.69, 9.17) is 0 Å². The van der Waals surface area contributed by atoms with E-state index in [0.29, 0.717) is 0 Å². The number of aryl methyl sites for hydroxylation is 1. The van der Waals surface area contributed by atoms with E-state index in [0.717, 1.165) is 19.0 Å². The Labute approximate surface area is 111 Å². The maximum absolute atomic E-state index is 4.24. The van der Waals surface area contributed by atoms with E-state index in [2.05, 4.69) is 35.1 Å². The average molecular weight is 247 g/mol. The summed E-state index contributed by atoms with van der Waals surface area (Å²) < 4.78 is 0. The molecule has 1 fully saturated rings. The highest BCUT2D eigenvalue weighted by Gasteiger charge is 2.16. The lowest BCUT2D eigenvalue weighted by Crippen LogP contribution is -2.36. The van der Waals surface area contributed by atoms with Crippen molar-refractivity contribution in [1.82, 2.24) is 15.2 Å². The predicted octanol–water partition coefficient (Wildman–Crippen LogP) is 2.21. The summed E-state index contributed by atoms with van der Waals surface area (Å²) in [6, 6.07) is 2.10. The van der Waals surface area contributed by atoms with Crippen LogP contribution in [0.2, 0.25) is 0 Å². The fourth-order valence-electron chi connectivity index (χ4n) is 2.64. The highest BCUT2D eigenvalue weighted by Crippen LogP contribution is 2.16. The van der Waals surface area contributed by atoms with Crippen LogP contribution < -0.4 is 5.32 Å². The zero-order valence-electron chi connectivity index (χ0n) is 11.7. The molecule has 2 heterocycles. The number of hydrogen-bond acceptors (Lipinski definition) is 3. The second-order valence-corrected chi connectivity index (χ2v) is 5.32. The first-order valence-electron chi connectivity index (χ1n) is 7.12. The van der Waals surface area contributed by atoms with Gasteiger partial charge < -0.3 is 5.32 Å². The SMILES string of the molecule is CCN(Cc1cnccc1C)CC1CCNCC1. The van der Waals surface area contributed by atoms with Crippen molar-refractivity contribution in [3.63, 3.8) is 0 Å². The lowest BCUT2D eigenvalue weighted by molar-refractivity contribution is 0.206. The van der Waals surface area contributed by atoms with Crippen molar-refractivity contribution in [1.29, 1.82) is 0 Å². The minimum Gasteiger partial charge on any atom is -0.317 e. The van der Waals surface area contributed by atoms with Gasteiger partial charge in [0, 0.05) is 25.5 Å². The van der Waals surface area contributed by atoms with Crippen molar-refractivity contribution in [2.24, 2.45) is 5.92 Å². The zero-order chi connectivity index (χ0) is 12.8. The first-order valence-corrected chi connectivity index (χ1v) is 7.12. The minimum atomic E-state index is 0.864. The third-order valence-electron chi connectivity index (χ3n) is 3.96. The lowest BCUT2D eigenvalue weighted by Gasteiger charge is -2.29. The first-order chi connectivity index (χ1) is 8.79. The van der Waals surface area contributed by atoms with Crippen LogP contribution in [-0.2, 0) is 6.54 Å². The van der Waals surface area contributed by atoms with Gasteiger partial charge >= 0.3 is 0 Å². The van der Waals surface area contributed by atoms with Crippen molar-refractivity contribution in [3.8, 4) is 0 Å². The Balaban J connectivity index is 1.90. The molecule has 1 N–H and O–H groups in total. The summed E-state index contributed by atoms with van der Waals surface area (Å²) in [6.45, 7) is 10.2. The van der Waals surface area contributed by atoms with Gasteiger partial charge in [-0.25, -0.2) is 0 Å². The monoisotopic (exact) mass is 247 g/mol. The topological polar surface area (TPSA) is 28.2 Å². The molecule has 0 unspecified atom stereocenters. The fourth-order valence-corrected chi connectivity index (χ4v) is 2.64. The van der Waals surface area contributed by atoms with E-state index in [1.54, 1.807) is 0 Å². The van der Waals surface area contributed by atoms with Gasteiger partial charge in [0.05, 0.1) is 0 Å². The Hall–Kier alpha value is -0.930. The molecular formula is C15H25N3. The summed E-state index contributed by atoms with van der Waals surface area (Å²) >= 11 is 0. The van der Waals surface area contributed by atoms with Gasteiger partial charge in [0.2, 0.25) is 0 Å². The third kappa shape index (κ3) is 3.79. The summed E-state index contributed by atoms with van der Waals surface area (Å²) in [5, 5.41) is 3.44. The molecular weight excluding hydrogens is 222 g/mol. The molecule has 2 rings (SSSR count). The maximum atomic E-state index is 4.24. The van der Waals surface area contributed by atoms with Crippen LogP contribution in [0.15, 0.2) is 18.5 Å². The average Bonchev–Trinajstić information content (AvgIpc) is 2.41. The Morgan fingerprint density at radius 1 is 1.39 bits per heavy atom. The summed E-state index contributed by atoms with van der Waals surface area (Å²) in [7, 11) is 0. The van der Waals surface area contributed by atoms with Crippen molar-refractivity contribution in [3.05, 3.63) is 29.6 Å². The normalized spacial score (nSPS) is 17.3. The van der Waals surface area contributed by atoms with Crippen LogP contribution in [0.3, 0.4) is 0 Å². The van der Waals surface area contributed by atoms with Crippen LogP contribution in [0.4, 0.5) is 0 Å². The van der Waals surface area contributed by atoms with E-state index in [1.165, 1.54) is 43.6 Å². The second kappa shape index (κ2) is 6.86. The van der Waals surface area contributed by atoms with Gasteiger partial charge in [0.15, 0.2) is 0 Å². The Kier molecular flexibility index (Phi) is 5.14. The van der Waals surface area contributed by atoms with Gasteiger partial charge in [-0.3, -0.25) is 9.88 Å². The quantitative estimate of drug-likeness (QED) is 0.864. The van der Waals surface area contributed by atoms with E-state index in [1.807, 2.05) is 12.4 Å². The van der Waals surface area contributed by atoms with Crippen molar-refractivity contribution in [2.45, 2.75) is 33.2 Å². The number of aromatic nitrogens is 1. The van der Waals surface area contributed by atoms with E-state index in [9.17, 15) is 0 Å². The van der Waals surface area contributed by atoms with Gasteiger partial charge in [-0.1, -0.05) is 6.92 Å². The van der Waals surface area contributed by atoms with E-state index in [-0.39, 0.29) is 0 Å². The molecule has 1 saturated heterocycles. The number of rotatable bonds is 5. The molecule has 0 aromatic carbocycles. The molecule has 0 spiro atoms. The molecule has 0 atom stereocenters. The maximum Gasteiger partial charge on any atom is 0.0315 e. The molecule has 100 valence electrons. The van der Waals surface area contributed by atoms with Gasteiger partial charge in [-0.05, 0) is 62.5 Å². The predicted molar refractivity (Wildman–Crippen MR) is 75.5 cm³/mol. The molecule has 0 saturated carbocycles. The summed E-state index contributed by atoms with van der Waals surface area (Å²) in [5.41, 5.74) is 2.72. The second-order valence-electron chi connectivity index (χ2n) is 5.32. The highest BCUT2D eigenvalue weighted by molar-refractivity contribution is 5.21. The van der Waals surface area contributed by atoms with Gasteiger partial charge in [0.1, 0.15) is 0 Å². The molecule has 0 amide bonds. The first kappa shape index (κ1) is 13.5. The number of piperidine rings is 1. The molecule has 1 aliphatic rings. The Morgan fingerprint density at radius 3 is 2.83 bits per heavy atom. The van der Waals surface area contributed by atoms with Gasteiger partial charge in [-0.2, -0.15) is 0 Å². The molecule has 0 radical (unpaired) electrons. The number of nitrogens with one attached hydrogen (secondary N) is 1. The van der Waals surface area contributed by atoms with Crippen LogP contribution in [0, 0.1) is 12.8 Å². The van der Waals surface area contributed by atoms with Crippen LogP contribution in [-0.4, -0.2) is 36.1 Å². The Morgan fingerprint density at radius 2 is 2.17 bits per heavy atom. The van der Waals surface area contributed by atoms with Crippen LogP contribution in [0.25, 0.3) is 0 Å². The number of hydrogen-bond donors (Lipinski definition) is 1. The molecule has 18 heavy (non-hydrogen) atoms.